The fourth-order valence-electron chi connectivity index (χ4n) is 3.56. The van der Waals surface area contributed by atoms with Crippen LogP contribution in [0.25, 0.3) is 0 Å². The molecular formula is C21H28N3O5P. The molecule has 162 valence electrons. The second-order valence-electron chi connectivity index (χ2n) is 7.12. The Bertz CT molecular complexity index is 941. The third-order valence-electron chi connectivity index (χ3n) is 5.20. The van der Waals surface area contributed by atoms with Crippen LogP contribution in [0.3, 0.4) is 0 Å². The van der Waals surface area contributed by atoms with E-state index in [0.717, 1.165) is 25.2 Å². The number of rotatable bonds is 9. The summed E-state index contributed by atoms with van der Waals surface area (Å²) in [5, 5.41) is 2.93. The van der Waals surface area contributed by atoms with Gasteiger partial charge in [-0.3, -0.25) is 9.59 Å². The lowest BCUT2D eigenvalue weighted by Crippen LogP contribution is -2.35. The summed E-state index contributed by atoms with van der Waals surface area (Å²) in [6, 6.07) is 6.77. The SMILES string of the molecule is COc1ccc(Cn2cc(OP)c(=O)cc2C(=O)NCCN2CCCC2)c(OC)c1. The number of nitrogens with one attached hydrogen (secondary N) is 1. The van der Waals surface area contributed by atoms with Crippen LogP contribution in [-0.4, -0.2) is 55.8 Å². The maximum Gasteiger partial charge on any atom is 0.268 e. The Kier molecular flexibility index (Phi) is 7.71. The van der Waals surface area contributed by atoms with E-state index in [1.165, 1.54) is 25.1 Å². The number of pyridine rings is 1. The molecule has 1 aliphatic heterocycles. The lowest BCUT2D eigenvalue weighted by atomic mass is 10.1. The highest BCUT2D eigenvalue weighted by atomic mass is 31.0. The summed E-state index contributed by atoms with van der Waals surface area (Å²) in [4.78, 5) is 27.5. The Labute approximate surface area is 178 Å². The van der Waals surface area contributed by atoms with Gasteiger partial charge in [0.2, 0.25) is 5.43 Å². The second kappa shape index (κ2) is 10.5. The van der Waals surface area contributed by atoms with E-state index in [1.54, 1.807) is 24.9 Å². The normalized spacial score (nSPS) is 13.8. The first-order valence-electron chi connectivity index (χ1n) is 9.88. The van der Waals surface area contributed by atoms with Crippen LogP contribution >= 0.6 is 9.47 Å². The molecule has 1 amide bonds. The quantitative estimate of drug-likeness (QED) is 0.609. The van der Waals surface area contributed by atoms with Crippen LogP contribution in [0.2, 0.25) is 0 Å². The highest BCUT2D eigenvalue weighted by molar-refractivity contribution is 7.10. The van der Waals surface area contributed by atoms with Gasteiger partial charge < -0.3 is 28.8 Å². The molecule has 1 aromatic heterocycles. The van der Waals surface area contributed by atoms with Gasteiger partial charge in [-0.15, -0.1) is 0 Å². The van der Waals surface area contributed by atoms with E-state index < -0.39 is 0 Å². The molecule has 1 fully saturated rings. The minimum Gasteiger partial charge on any atom is -0.497 e. The van der Waals surface area contributed by atoms with Crippen molar-refractivity contribution in [2.75, 3.05) is 40.4 Å². The number of nitrogens with zero attached hydrogens (tertiary/aromatic N) is 2. The number of benzene rings is 1. The molecule has 9 heteroatoms. The molecule has 1 aliphatic rings. The van der Waals surface area contributed by atoms with Crippen molar-refractivity contribution < 1.29 is 18.8 Å². The average Bonchev–Trinajstić information content (AvgIpc) is 3.28. The molecule has 0 aliphatic carbocycles. The van der Waals surface area contributed by atoms with E-state index in [0.29, 0.717) is 24.6 Å². The predicted molar refractivity (Wildman–Crippen MR) is 118 cm³/mol. The molecule has 1 saturated heterocycles. The predicted octanol–water partition coefficient (Wildman–Crippen LogP) is 1.91. The molecule has 3 rings (SSSR count). The fourth-order valence-corrected chi connectivity index (χ4v) is 3.74. The fraction of sp³-hybridized carbons (Fsp3) is 0.429. The minimum atomic E-state index is -0.354. The smallest absolute Gasteiger partial charge is 0.268 e. The van der Waals surface area contributed by atoms with Gasteiger partial charge in [-0.2, -0.15) is 0 Å². The van der Waals surface area contributed by atoms with Gasteiger partial charge in [-0.05, 0) is 38.1 Å². The summed E-state index contributed by atoms with van der Waals surface area (Å²) in [7, 11) is 5.23. The second-order valence-corrected chi connectivity index (χ2v) is 7.35. The minimum absolute atomic E-state index is 0.140. The Hall–Kier alpha value is -2.57. The van der Waals surface area contributed by atoms with E-state index in [-0.39, 0.29) is 22.8 Å². The molecule has 0 spiro atoms. The van der Waals surface area contributed by atoms with Gasteiger partial charge in [0.05, 0.1) is 36.4 Å². The molecule has 2 aromatic rings. The molecule has 0 radical (unpaired) electrons. The average molecular weight is 433 g/mol. The lowest BCUT2D eigenvalue weighted by molar-refractivity contribution is 0.0940. The van der Waals surface area contributed by atoms with Gasteiger partial charge in [0.15, 0.2) is 5.75 Å². The third-order valence-corrected chi connectivity index (χ3v) is 5.45. The first kappa shape index (κ1) is 22.1. The monoisotopic (exact) mass is 433 g/mol. The van der Waals surface area contributed by atoms with Crippen molar-refractivity contribution >= 4 is 15.4 Å². The van der Waals surface area contributed by atoms with Gasteiger partial charge in [0.1, 0.15) is 17.2 Å². The van der Waals surface area contributed by atoms with Crippen LogP contribution < -0.4 is 24.7 Å². The van der Waals surface area contributed by atoms with Crippen LogP contribution in [0.15, 0.2) is 35.3 Å². The number of aromatic nitrogens is 1. The number of amides is 1. The van der Waals surface area contributed by atoms with Crippen molar-refractivity contribution in [1.29, 1.82) is 0 Å². The van der Waals surface area contributed by atoms with Crippen molar-refractivity contribution in [3.63, 3.8) is 0 Å². The lowest BCUT2D eigenvalue weighted by Gasteiger charge is -2.18. The zero-order valence-corrected chi connectivity index (χ0v) is 18.5. The van der Waals surface area contributed by atoms with E-state index in [9.17, 15) is 9.59 Å². The number of methoxy groups -OCH3 is 2. The number of likely N-dealkylation sites (tertiary alicyclic amines) is 1. The summed E-state index contributed by atoms with van der Waals surface area (Å²) in [5.74, 6) is 1.14. The molecule has 8 nitrogen and oxygen atoms in total. The number of carbonyl (C=O) groups excluding carboxylic acids is 1. The Morgan fingerprint density at radius 1 is 1.13 bits per heavy atom. The summed E-state index contributed by atoms with van der Waals surface area (Å²) >= 11 is 0. The number of carbonyl (C=O) groups is 1. The van der Waals surface area contributed by atoms with Crippen LogP contribution in [-0.2, 0) is 6.54 Å². The largest absolute Gasteiger partial charge is 0.497 e. The van der Waals surface area contributed by atoms with Crippen molar-refractivity contribution in [3.05, 3.63) is 51.9 Å². The van der Waals surface area contributed by atoms with Gasteiger partial charge >= 0.3 is 0 Å². The summed E-state index contributed by atoms with van der Waals surface area (Å²) in [5.41, 5.74) is 0.750. The molecule has 2 heterocycles. The van der Waals surface area contributed by atoms with E-state index in [4.69, 9.17) is 14.0 Å². The summed E-state index contributed by atoms with van der Waals surface area (Å²) in [6.07, 6.45) is 3.94. The summed E-state index contributed by atoms with van der Waals surface area (Å²) in [6.45, 7) is 3.79. The highest BCUT2D eigenvalue weighted by Gasteiger charge is 2.17. The maximum atomic E-state index is 12.8. The highest BCUT2D eigenvalue weighted by Crippen LogP contribution is 2.26. The molecule has 1 atom stereocenters. The van der Waals surface area contributed by atoms with Gasteiger partial charge in [-0.25, -0.2) is 0 Å². The number of hydrogen-bond acceptors (Lipinski definition) is 6. The molecule has 30 heavy (non-hydrogen) atoms. The van der Waals surface area contributed by atoms with E-state index >= 15 is 0 Å². The molecule has 0 bridgehead atoms. The van der Waals surface area contributed by atoms with Crippen LogP contribution in [0.1, 0.15) is 28.9 Å². The standard InChI is InChI=1S/C21H28N3O5P/c1-27-16-6-5-15(19(11-16)28-2)13-24-14-20(29-30)18(25)12-17(24)21(26)22-7-10-23-8-3-4-9-23/h5-6,11-12,14H,3-4,7-10,13,30H2,1-2H3,(H,22,26). The zero-order valence-electron chi connectivity index (χ0n) is 17.3. The van der Waals surface area contributed by atoms with E-state index in [2.05, 4.69) is 19.7 Å². The molecular weight excluding hydrogens is 405 g/mol. The first-order valence-corrected chi connectivity index (χ1v) is 10.4. The van der Waals surface area contributed by atoms with E-state index in [1.807, 2.05) is 12.1 Å². The number of ether oxygens (including phenoxy) is 2. The first-order chi connectivity index (χ1) is 14.5. The van der Waals surface area contributed by atoms with Crippen LogP contribution in [0, 0.1) is 0 Å². The van der Waals surface area contributed by atoms with Crippen LogP contribution in [0.4, 0.5) is 0 Å². The van der Waals surface area contributed by atoms with Crippen molar-refractivity contribution in [2.45, 2.75) is 19.4 Å². The molecule has 0 saturated carbocycles. The van der Waals surface area contributed by atoms with Crippen molar-refractivity contribution in [2.24, 2.45) is 0 Å². The molecule has 1 N–H and O–H groups in total. The topological polar surface area (TPSA) is 82.0 Å². The molecule has 1 unspecified atom stereocenters. The van der Waals surface area contributed by atoms with Crippen LogP contribution in [0.5, 0.6) is 17.2 Å². The Balaban J connectivity index is 1.83. The summed E-state index contributed by atoms with van der Waals surface area (Å²) < 4.78 is 17.5. The maximum absolute atomic E-state index is 12.8. The van der Waals surface area contributed by atoms with Crippen molar-refractivity contribution in [3.8, 4) is 17.2 Å². The third kappa shape index (κ3) is 5.32. The Morgan fingerprint density at radius 2 is 1.90 bits per heavy atom. The van der Waals surface area contributed by atoms with Gasteiger partial charge in [-0.1, -0.05) is 0 Å². The van der Waals surface area contributed by atoms with Gasteiger partial charge in [0, 0.05) is 30.8 Å². The molecule has 1 aromatic carbocycles. The Morgan fingerprint density at radius 3 is 2.57 bits per heavy atom. The van der Waals surface area contributed by atoms with Gasteiger partial charge in [0.25, 0.3) is 5.91 Å². The zero-order chi connectivity index (χ0) is 21.5. The number of hydrogen-bond donors (Lipinski definition) is 1. The van der Waals surface area contributed by atoms with Crippen molar-refractivity contribution in [1.82, 2.24) is 14.8 Å².